The number of hydrogen-bond acceptors (Lipinski definition) is 3. The van der Waals surface area contributed by atoms with E-state index in [9.17, 15) is 0 Å². The zero-order valence-electron chi connectivity index (χ0n) is 10.9. The fourth-order valence-corrected chi connectivity index (χ4v) is 1.91. The maximum Gasteiger partial charge on any atom is 0.115 e. The van der Waals surface area contributed by atoms with Gasteiger partial charge in [0.15, 0.2) is 0 Å². The molecular weight excluding hydrogens is 222 g/mol. The van der Waals surface area contributed by atoms with Crippen LogP contribution in [0.1, 0.15) is 36.2 Å². The summed E-state index contributed by atoms with van der Waals surface area (Å²) in [7, 11) is 0. The van der Waals surface area contributed by atoms with Gasteiger partial charge in [0.05, 0.1) is 11.7 Å². The highest BCUT2D eigenvalue weighted by molar-refractivity contribution is 5.29. The lowest BCUT2D eigenvalue weighted by Crippen LogP contribution is -2.24. The third-order valence-corrected chi connectivity index (χ3v) is 2.91. The SMILES string of the molecule is CCCNC(c1ccc(C)cc1)c1ccncn1. The molecule has 0 spiro atoms. The second-order valence-electron chi connectivity index (χ2n) is 4.43. The summed E-state index contributed by atoms with van der Waals surface area (Å²) in [4.78, 5) is 8.33. The summed E-state index contributed by atoms with van der Waals surface area (Å²) in [6.07, 6.45) is 4.49. The molecule has 0 radical (unpaired) electrons. The van der Waals surface area contributed by atoms with Crippen molar-refractivity contribution in [2.75, 3.05) is 6.54 Å². The van der Waals surface area contributed by atoms with Gasteiger partial charge >= 0.3 is 0 Å². The number of rotatable bonds is 5. The van der Waals surface area contributed by atoms with Gasteiger partial charge in [-0.15, -0.1) is 0 Å². The molecule has 0 saturated heterocycles. The third kappa shape index (κ3) is 3.14. The van der Waals surface area contributed by atoms with Crippen LogP contribution in [0.25, 0.3) is 0 Å². The van der Waals surface area contributed by atoms with Gasteiger partial charge in [0.25, 0.3) is 0 Å². The molecule has 0 amide bonds. The van der Waals surface area contributed by atoms with E-state index in [4.69, 9.17) is 0 Å². The Hall–Kier alpha value is -1.74. The van der Waals surface area contributed by atoms with Crippen LogP contribution < -0.4 is 5.32 Å². The lowest BCUT2D eigenvalue weighted by atomic mass is 10.0. The van der Waals surface area contributed by atoms with Gasteiger partial charge in [0.1, 0.15) is 6.33 Å². The highest BCUT2D eigenvalue weighted by atomic mass is 14.9. The van der Waals surface area contributed by atoms with Gasteiger partial charge < -0.3 is 5.32 Å². The van der Waals surface area contributed by atoms with Crippen molar-refractivity contribution in [3.05, 3.63) is 59.7 Å². The first kappa shape index (κ1) is 12.7. The molecule has 1 N–H and O–H groups in total. The first-order valence-corrected chi connectivity index (χ1v) is 6.37. The van der Waals surface area contributed by atoms with Crippen molar-refractivity contribution in [3.63, 3.8) is 0 Å². The monoisotopic (exact) mass is 241 g/mol. The highest BCUT2D eigenvalue weighted by Crippen LogP contribution is 2.20. The van der Waals surface area contributed by atoms with Crippen LogP contribution in [0.15, 0.2) is 42.9 Å². The van der Waals surface area contributed by atoms with E-state index >= 15 is 0 Å². The first-order valence-electron chi connectivity index (χ1n) is 6.37. The molecule has 1 atom stereocenters. The molecule has 0 fully saturated rings. The van der Waals surface area contributed by atoms with Crippen LogP contribution in [-0.2, 0) is 0 Å². The van der Waals surface area contributed by atoms with Crippen molar-refractivity contribution < 1.29 is 0 Å². The summed E-state index contributed by atoms with van der Waals surface area (Å²) < 4.78 is 0. The quantitative estimate of drug-likeness (QED) is 0.874. The van der Waals surface area contributed by atoms with E-state index in [1.54, 1.807) is 12.5 Å². The smallest absolute Gasteiger partial charge is 0.115 e. The van der Waals surface area contributed by atoms with E-state index in [2.05, 4.69) is 53.4 Å². The molecule has 0 bridgehead atoms. The Balaban J connectivity index is 2.27. The van der Waals surface area contributed by atoms with Gasteiger partial charge in [0, 0.05) is 6.20 Å². The summed E-state index contributed by atoms with van der Waals surface area (Å²) in [5.74, 6) is 0. The summed E-state index contributed by atoms with van der Waals surface area (Å²) in [6.45, 7) is 5.24. The molecule has 0 aliphatic rings. The van der Waals surface area contributed by atoms with Crippen LogP contribution in [0.5, 0.6) is 0 Å². The topological polar surface area (TPSA) is 37.8 Å². The molecule has 0 aliphatic carbocycles. The van der Waals surface area contributed by atoms with Crippen molar-refractivity contribution >= 4 is 0 Å². The molecule has 94 valence electrons. The van der Waals surface area contributed by atoms with Gasteiger partial charge in [-0.25, -0.2) is 9.97 Å². The Morgan fingerprint density at radius 3 is 2.56 bits per heavy atom. The Kier molecular flexibility index (Phi) is 4.42. The standard InChI is InChI=1S/C15H19N3/c1-3-9-17-15(14-8-10-16-11-18-14)13-6-4-12(2)5-7-13/h4-8,10-11,15,17H,3,9H2,1-2H3. The number of benzene rings is 1. The molecule has 3 nitrogen and oxygen atoms in total. The van der Waals surface area contributed by atoms with E-state index < -0.39 is 0 Å². The van der Waals surface area contributed by atoms with E-state index in [0.29, 0.717) is 0 Å². The van der Waals surface area contributed by atoms with E-state index in [1.165, 1.54) is 11.1 Å². The molecule has 18 heavy (non-hydrogen) atoms. The Bertz CT molecular complexity index is 465. The largest absolute Gasteiger partial charge is 0.305 e. The molecule has 1 aromatic heterocycles. The maximum atomic E-state index is 4.36. The van der Waals surface area contributed by atoms with Crippen LogP contribution >= 0.6 is 0 Å². The lowest BCUT2D eigenvalue weighted by molar-refractivity contribution is 0.585. The van der Waals surface area contributed by atoms with E-state index in [-0.39, 0.29) is 6.04 Å². The predicted octanol–water partition coefficient (Wildman–Crippen LogP) is 2.87. The number of hydrogen-bond donors (Lipinski definition) is 1. The first-order chi connectivity index (χ1) is 8.81. The van der Waals surface area contributed by atoms with Crippen molar-refractivity contribution in [2.45, 2.75) is 26.3 Å². The average molecular weight is 241 g/mol. The van der Waals surface area contributed by atoms with Crippen molar-refractivity contribution in [2.24, 2.45) is 0 Å². The molecule has 2 rings (SSSR count). The predicted molar refractivity (Wildman–Crippen MR) is 73.3 cm³/mol. The molecule has 1 aromatic carbocycles. The summed E-state index contributed by atoms with van der Waals surface area (Å²) in [5.41, 5.74) is 3.53. The van der Waals surface area contributed by atoms with Crippen molar-refractivity contribution in [3.8, 4) is 0 Å². The van der Waals surface area contributed by atoms with Crippen LogP contribution in [-0.4, -0.2) is 16.5 Å². The molecule has 3 heteroatoms. The summed E-state index contributed by atoms with van der Waals surface area (Å²) >= 11 is 0. The normalized spacial score (nSPS) is 12.3. The Morgan fingerprint density at radius 1 is 1.17 bits per heavy atom. The second kappa shape index (κ2) is 6.26. The van der Waals surface area contributed by atoms with Crippen LogP contribution in [0.3, 0.4) is 0 Å². The van der Waals surface area contributed by atoms with E-state index in [0.717, 1.165) is 18.7 Å². The van der Waals surface area contributed by atoms with Crippen LogP contribution in [0.2, 0.25) is 0 Å². The fraction of sp³-hybridized carbons (Fsp3) is 0.333. The van der Waals surface area contributed by atoms with E-state index in [1.807, 2.05) is 6.07 Å². The molecule has 1 unspecified atom stereocenters. The van der Waals surface area contributed by atoms with Gasteiger partial charge in [-0.2, -0.15) is 0 Å². The number of aromatic nitrogens is 2. The summed E-state index contributed by atoms with van der Waals surface area (Å²) in [5, 5.41) is 3.53. The minimum absolute atomic E-state index is 0.147. The van der Waals surface area contributed by atoms with Crippen molar-refractivity contribution in [1.29, 1.82) is 0 Å². The van der Waals surface area contributed by atoms with Gasteiger partial charge in [-0.05, 0) is 31.5 Å². The minimum atomic E-state index is 0.147. The van der Waals surface area contributed by atoms with Gasteiger partial charge in [-0.3, -0.25) is 0 Å². The van der Waals surface area contributed by atoms with Gasteiger partial charge in [-0.1, -0.05) is 36.8 Å². The lowest BCUT2D eigenvalue weighted by Gasteiger charge is -2.18. The Labute approximate surface area is 108 Å². The summed E-state index contributed by atoms with van der Waals surface area (Å²) in [6, 6.07) is 10.7. The van der Waals surface area contributed by atoms with Crippen LogP contribution in [0.4, 0.5) is 0 Å². The molecule has 0 aliphatic heterocycles. The number of aryl methyl sites for hydroxylation is 1. The molecule has 1 heterocycles. The fourth-order valence-electron chi connectivity index (χ4n) is 1.91. The van der Waals surface area contributed by atoms with Crippen LogP contribution in [0, 0.1) is 6.92 Å². The molecular formula is C15H19N3. The number of nitrogens with zero attached hydrogens (tertiary/aromatic N) is 2. The zero-order chi connectivity index (χ0) is 12.8. The van der Waals surface area contributed by atoms with Gasteiger partial charge in [0.2, 0.25) is 0 Å². The number of nitrogens with one attached hydrogen (secondary N) is 1. The molecule has 0 saturated carbocycles. The average Bonchev–Trinajstić information content (AvgIpc) is 2.42. The zero-order valence-corrected chi connectivity index (χ0v) is 10.9. The second-order valence-corrected chi connectivity index (χ2v) is 4.43. The molecule has 2 aromatic rings. The Morgan fingerprint density at radius 2 is 1.94 bits per heavy atom. The van der Waals surface area contributed by atoms with Crippen molar-refractivity contribution in [1.82, 2.24) is 15.3 Å². The maximum absolute atomic E-state index is 4.36. The minimum Gasteiger partial charge on any atom is -0.305 e. The third-order valence-electron chi connectivity index (χ3n) is 2.91. The highest BCUT2D eigenvalue weighted by Gasteiger charge is 2.13.